The molecule has 0 aliphatic carbocycles. The van der Waals surface area contributed by atoms with Gasteiger partial charge in [0.25, 0.3) is 0 Å². The third-order valence-electron chi connectivity index (χ3n) is 10.1. The molecule has 2 unspecified atom stereocenters. The molecule has 2 aromatic heterocycles. The van der Waals surface area contributed by atoms with Crippen LogP contribution in [0.5, 0.6) is 0 Å². The number of hydrogen-bond acceptors (Lipinski definition) is 3. The van der Waals surface area contributed by atoms with Gasteiger partial charge in [-0.05, 0) is 70.3 Å². The van der Waals surface area contributed by atoms with Crippen LogP contribution in [0.4, 0.5) is 0 Å². The highest BCUT2D eigenvalue weighted by molar-refractivity contribution is 7.26. The zero-order valence-corrected chi connectivity index (χ0v) is 28.1. The fourth-order valence-corrected chi connectivity index (χ4v) is 8.92. The van der Waals surface area contributed by atoms with Crippen molar-refractivity contribution in [2.24, 2.45) is 0 Å². The molecular formula is C46H33N3S. The number of benzene rings is 7. The van der Waals surface area contributed by atoms with Crippen molar-refractivity contribution in [1.82, 2.24) is 15.2 Å². The Kier molecular flexibility index (Phi) is 6.90. The summed E-state index contributed by atoms with van der Waals surface area (Å²) in [5, 5.41) is 12.8. The molecule has 0 saturated heterocycles. The average Bonchev–Trinajstić information content (AvgIpc) is 3.74. The van der Waals surface area contributed by atoms with E-state index in [4.69, 9.17) is 0 Å². The van der Waals surface area contributed by atoms with E-state index in [2.05, 4.69) is 191 Å². The van der Waals surface area contributed by atoms with Crippen LogP contribution >= 0.6 is 11.3 Å². The van der Waals surface area contributed by atoms with Crippen LogP contribution in [0.25, 0.3) is 64.5 Å². The number of hydrogen-bond donors (Lipinski definition) is 2. The Morgan fingerprint density at radius 1 is 0.500 bits per heavy atom. The minimum Gasteiger partial charge on any atom is -0.366 e. The number of nitrogens with one attached hydrogen (secondary N) is 2. The molecule has 0 fully saturated rings. The highest BCUT2D eigenvalue weighted by atomic mass is 32.1. The van der Waals surface area contributed by atoms with Gasteiger partial charge in [0, 0.05) is 42.3 Å². The van der Waals surface area contributed by atoms with E-state index in [-0.39, 0.29) is 12.2 Å². The Labute approximate surface area is 294 Å². The summed E-state index contributed by atoms with van der Waals surface area (Å²) in [6.45, 7) is 0. The first-order valence-electron chi connectivity index (χ1n) is 17.2. The Hall–Kier alpha value is -5.94. The summed E-state index contributed by atoms with van der Waals surface area (Å²) in [5.74, 6) is 0. The molecular weight excluding hydrogens is 627 g/mol. The molecule has 1 aliphatic rings. The van der Waals surface area contributed by atoms with Gasteiger partial charge in [0.05, 0.1) is 17.1 Å². The molecule has 3 nitrogen and oxygen atoms in total. The molecule has 7 aromatic carbocycles. The standard InChI is InChI=1S/C46H33N3S/c1-3-12-30(13-4-1)40-29-41(31-14-5-2-6-15-31)48-46(47-40)32-22-25-34(26-23-32)49-42-20-9-7-16-36(42)39-28-33(24-27-43(39)49)35-18-11-19-38-37-17-8-10-21-44(37)50-45(35)38/h1-29,40,46-48H. The number of aromatic nitrogens is 1. The lowest BCUT2D eigenvalue weighted by Gasteiger charge is -2.33. The van der Waals surface area contributed by atoms with Crippen LogP contribution in [0.3, 0.4) is 0 Å². The lowest BCUT2D eigenvalue weighted by Crippen LogP contribution is -2.39. The molecule has 9 aromatic rings. The zero-order chi connectivity index (χ0) is 33.0. The Bertz CT molecular complexity index is 2700. The van der Waals surface area contributed by atoms with Crippen LogP contribution in [0.2, 0.25) is 0 Å². The normalized spacial score (nSPS) is 16.2. The first-order valence-corrected chi connectivity index (χ1v) is 18.0. The summed E-state index contributed by atoms with van der Waals surface area (Å²) in [7, 11) is 0. The van der Waals surface area contributed by atoms with Gasteiger partial charge in [-0.25, -0.2) is 0 Å². The first kappa shape index (κ1) is 29.0. The average molecular weight is 660 g/mol. The minimum atomic E-state index is -0.0493. The summed E-state index contributed by atoms with van der Waals surface area (Å²) >= 11 is 1.89. The van der Waals surface area contributed by atoms with Crippen molar-refractivity contribution < 1.29 is 0 Å². The van der Waals surface area contributed by atoms with Crippen LogP contribution in [-0.2, 0) is 0 Å². The molecule has 3 heterocycles. The molecule has 2 atom stereocenters. The summed E-state index contributed by atoms with van der Waals surface area (Å²) in [4.78, 5) is 0. The number of thiophene rings is 1. The smallest absolute Gasteiger partial charge is 0.104 e. The highest BCUT2D eigenvalue weighted by Crippen LogP contribution is 2.42. The molecule has 0 saturated carbocycles. The van der Waals surface area contributed by atoms with Crippen molar-refractivity contribution in [1.29, 1.82) is 0 Å². The second-order valence-electron chi connectivity index (χ2n) is 13.0. The largest absolute Gasteiger partial charge is 0.366 e. The predicted octanol–water partition coefficient (Wildman–Crippen LogP) is 11.8. The minimum absolute atomic E-state index is 0.0493. The molecule has 1 aliphatic heterocycles. The van der Waals surface area contributed by atoms with Crippen molar-refractivity contribution in [3.8, 4) is 16.8 Å². The van der Waals surface area contributed by atoms with Gasteiger partial charge in [0.15, 0.2) is 0 Å². The Morgan fingerprint density at radius 3 is 2.04 bits per heavy atom. The van der Waals surface area contributed by atoms with Gasteiger partial charge >= 0.3 is 0 Å². The molecule has 0 radical (unpaired) electrons. The van der Waals surface area contributed by atoms with Crippen LogP contribution < -0.4 is 10.6 Å². The van der Waals surface area contributed by atoms with E-state index in [0.29, 0.717) is 0 Å². The van der Waals surface area contributed by atoms with E-state index >= 15 is 0 Å². The van der Waals surface area contributed by atoms with Crippen molar-refractivity contribution in [2.75, 3.05) is 0 Å². The molecule has 2 N–H and O–H groups in total. The van der Waals surface area contributed by atoms with E-state index in [1.54, 1.807) is 0 Å². The predicted molar refractivity (Wildman–Crippen MR) is 212 cm³/mol. The lowest BCUT2D eigenvalue weighted by molar-refractivity contribution is 0.442. The van der Waals surface area contributed by atoms with Gasteiger partial charge in [-0.15, -0.1) is 11.3 Å². The van der Waals surface area contributed by atoms with Crippen molar-refractivity contribution in [3.63, 3.8) is 0 Å². The molecule has 0 spiro atoms. The molecule has 0 amide bonds. The van der Waals surface area contributed by atoms with Crippen molar-refractivity contribution in [2.45, 2.75) is 12.2 Å². The van der Waals surface area contributed by atoms with E-state index in [1.165, 1.54) is 69.8 Å². The van der Waals surface area contributed by atoms with E-state index in [9.17, 15) is 0 Å². The molecule has 50 heavy (non-hydrogen) atoms. The van der Waals surface area contributed by atoms with Crippen LogP contribution in [0.1, 0.15) is 28.9 Å². The number of para-hydroxylation sites is 1. The molecule has 4 heteroatoms. The van der Waals surface area contributed by atoms with E-state index in [1.807, 2.05) is 11.3 Å². The van der Waals surface area contributed by atoms with Crippen molar-refractivity contribution >= 4 is 59.0 Å². The number of nitrogens with zero attached hydrogens (tertiary/aromatic N) is 1. The summed E-state index contributed by atoms with van der Waals surface area (Å²) < 4.78 is 5.08. The zero-order valence-electron chi connectivity index (χ0n) is 27.3. The topological polar surface area (TPSA) is 29.0 Å². The van der Waals surface area contributed by atoms with Gasteiger partial charge < -0.3 is 9.88 Å². The summed E-state index contributed by atoms with van der Waals surface area (Å²) in [5.41, 5.74) is 10.9. The monoisotopic (exact) mass is 659 g/mol. The molecule has 238 valence electrons. The maximum absolute atomic E-state index is 3.85. The van der Waals surface area contributed by atoms with Gasteiger partial charge in [-0.1, -0.05) is 133 Å². The van der Waals surface area contributed by atoms with Gasteiger partial charge in [-0.2, -0.15) is 0 Å². The van der Waals surface area contributed by atoms with Crippen LogP contribution in [0, 0.1) is 0 Å². The van der Waals surface area contributed by atoms with Gasteiger partial charge in [0.1, 0.15) is 6.17 Å². The lowest BCUT2D eigenvalue weighted by atomic mass is 9.98. The van der Waals surface area contributed by atoms with Crippen LogP contribution in [-0.4, -0.2) is 4.57 Å². The van der Waals surface area contributed by atoms with Gasteiger partial charge in [-0.3, -0.25) is 5.32 Å². The number of rotatable bonds is 5. The van der Waals surface area contributed by atoms with E-state index < -0.39 is 0 Å². The summed E-state index contributed by atoms with van der Waals surface area (Å²) in [6.07, 6.45) is 2.25. The highest BCUT2D eigenvalue weighted by Gasteiger charge is 2.24. The fourth-order valence-electron chi connectivity index (χ4n) is 7.68. The maximum atomic E-state index is 3.85. The first-order chi connectivity index (χ1) is 24.8. The Balaban J connectivity index is 1.04. The van der Waals surface area contributed by atoms with Crippen LogP contribution in [0.15, 0.2) is 176 Å². The quantitative estimate of drug-likeness (QED) is 0.193. The SMILES string of the molecule is C1=C(c2ccccc2)NC(c2ccc(-n3c4ccccc4c4cc(-c5cccc6c5sc5ccccc56)ccc43)cc2)NC1c1ccccc1. The van der Waals surface area contributed by atoms with Crippen molar-refractivity contribution in [3.05, 3.63) is 193 Å². The second-order valence-corrected chi connectivity index (χ2v) is 14.1. The Morgan fingerprint density at radius 2 is 1.20 bits per heavy atom. The fraction of sp³-hybridized carbons (Fsp3) is 0.0435. The maximum Gasteiger partial charge on any atom is 0.104 e. The van der Waals surface area contributed by atoms with Gasteiger partial charge in [0.2, 0.25) is 0 Å². The second kappa shape index (κ2) is 11.9. The van der Waals surface area contributed by atoms with E-state index in [0.717, 1.165) is 11.4 Å². The third-order valence-corrected chi connectivity index (χ3v) is 11.3. The number of fused-ring (bicyclic) bond motifs is 6. The molecule has 0 bridgehead atoms. The molecule has 10 rings (SSSR count). The third kappa shape index (κ3) is 4.84. The summed E-state index contributed by atoms with van der Waals surface area (Å²) in [6, 6.07) is 61.6.